The first-order chi connectivity index (χ1) is 10.5. The van der Waals surface area contributed by atoms with Crippen LogP contribution in [0, 0.1) is 5.92 Å². The maximum atomic E-state index is 12.0. The van der Waals surface area contributed by atoms with Gasteiger partial charge in [-0.15, -0.1) is 0 Å². The maximum absolute atomic E-state index is 12.0. The summed E-state index contributed by atoms with van der Waals surface area (Å²) >= 11 is 0. The molecule has 1 aromatic rings. The molecule has 1 aromatic carbocycles. The van der Waals surface area contributed by atoms with Gasteiger partial charge in [-0.2, -0.15) is 0 Å². The molecule has 0 saturated carbocycles. The molecular formula is C16H26N2O4. The summed E-state index contributed by atoms with van der Waals surface area (Å²) in [6.45, 7) is 4.93. The van der Waals surface area contributed by atoms with Gasteiger partial charge in [0.25, 0.3) is 0 Å². The number of benzene rings is 1. The Morgan fingerprint density at radius 2 is 1.95 bits per heavy atom. The fraction of sp³-hybridized carbons (Fsp3) is 0.562. The maximum Gasteiger partial charge on any atom is 0.241 e. The fourth-order valence-electron chi connectivity index (χ4n) is 1.95. The van der Waals surface area contributed by atoms with E-state index in [9.17, 15) is 4.79 Å². The number of hydrogen-bond acceptors (Lipinski definition) is 5. The number of ether oxygens (including phenoxy) is 3. The van der Waals surface area contributed by atoms with Gasteiger partial charge in [-0.1, -0.05) is 13.8 Å². The Hall–Kier alpha value is -1.79. The number of rotatable bonds is 9. The molecule has 0 bridgehead atoms. The van der Waals surface area contributed by atoms with Crippen LogP contribution in [0.15, 0.2) is 18.2 Å². The Balaban J connectivity index is 2.74. The monoisotopic (exact) mass is 310 g/mol. The second kappa shape index (κ2) is 9.27. The minimum absolute atomic E-state index is 0.207. The summed E-state index contributed by atoms with van der Waals surface area (Å²) in [5.74, 6) is 1.31. The molecule has 0 aromatic heterocycles. The lowest BCUT2D eigenvalue weighted by molar-refractivity contribution is -0.117. The van der Waals surface area contributed by atoms with Gasteiger partial charge in [0.15, 0.2) is 11.5 Å². The first kappa shape index (κ1) is 18.3. The van der Waals surface area contributed by atoms with E-state index in [-0.39, 0.29) is 5.91 Å². The summed E-state index contributed by atoms with van der Waals surface area (Å²) in [4.78, 5) is 12.0. The molecule has 0 heterocycles. The van der Waals surface area contributed by atoms with Crippen molar-refractivity contribution >= 4 is 11.6 Å². The van der Waals surface area contributed by atoms with E-state index >= 15 is 0 Å². The molecule has 0 aliphatic carbocycles. The molecule has 1 rings (SSSR count). The molecule has 6 nitrogen and oxygen atoms in total. The SMILES string of the molecule is COCCOc1cc(NC(=O)[C@@H](N)CC(C)C)ccc1OC. The number of carbonyl (C=O) groups is 1. The second-order valence-corrected chi connectivity index (χ2v) is 5.43. The zero-order chi connectivity index (χ0) is 16.5. The van der Waals surface area contributed by atoms with Crippen LogP contribution < -0.4 is 20.5 Å². The Bertz CT molecular complexity index is 477. The smallest absolute Gasteiger partial charge is 0.241 e. The number of nitrogens with one attached hydrogen (secondary N) is 1. The molecule has 124 valence electrons. The molecular weight excluding hydrogens is 284 g/mol. The van der Waals surface area contributed by atoms with Crippen molar-refractivity contribution in [3.63, 3.8) is 0 Å². The molecule has 3 N–H and O–H groups in total. The van der Waals surface area contributed by atoms with Crippen LogP contribution in [0.1, 0.15) is 20.3 Å². The van der Waals surface area contributed by atoms with Crippen LogP contribution in [0.3, 0.4) is 0 Å². The Morgan fingerprint density at radius 1 is 1.23 bits per heavy atom. The largest absolute Gasteiger partial charge is 0.493 e. The van der Waals surface area contributed by atoms with Gasteiger partial charge in [0.05, 0.1) is 19.8 Å². The van der Waals surface area contributed by atoms with Crippen LogP contribution in [-0.2, 0) is 9.53 Å². The van der Waals surface area contributed by atoms with Gasteiger partial charge in [-0.3, -0.25) is 4.79 Å². The summed E-state index contributed by atoms with van der Waals surface area (Å²) < 4.78 is 15.8. The minimum atomic E-state index is -0.528. The quantitative estimate of drug-likeness (QED) is 0.682. The van der Waals surface area contributed by atoms with Gasteiger partial charge in [0, 0.05) is 18.9 Å². The zero-order valence-corrected chi connectivity index (χ0v) is 13.7. The molecule has 0 spiro atoms. The third-order valence-electron chi connectivity index (χ3n) is 3.04. The lowest BCUT2D eigenvalue weighted by Crippen LogP contribution is -2.36. The van der Waals surface area contributed by atoms with Gasteiger partial charge < -0.3 is 25.3 Å². The van der Waals surface area contributed by atoms with E-state index in [1.54, 1.807) is 32.4 Å². The molecule has 0 fully saturated rings. The van der Waals surface area contributed by atoms with E-state index in [1.165, 1.54) is 0 Å². The molecule has 1 atom stereocenters. The average molecular weight is 310 g/mol. The molecule has 0 aliphatic heterocycles. The van der Waals surface area contributed by atoms with Gasteiger partial charge in [0.1, 0.15) is 6.61 Å². The highest BCUT2D eigenvalue weighted by Crippen LogP contribution is 2.30. The number of amides is 1. The van der Waals surface area contributed by atoms with E-state index in [0.29, 0.717) is 42.7 Å². The first-order valence-corrected chi connectivity index (χ1v) is 7.34. The normalized spacial score (nSPS) is 12.1. The minimum Gasteiger partial charge on any atom is -0.493 e. The van der Waals surface area contributed by atoms with Crippen molar-refractivity contribution in [1.29, 1.82) is 0 Å². The molecule has 0 radical (unpaired) electrons. The van der Waals surface area contributed by atoms with E-state index in [2.05, 4.69) is 5.32 Å². The Labute approximate surface area is 131 Å². The second-order valence-electron chi connectivity index (χ2n) is 5.43. The third-order valence-corrected chi connectivity index (χ3v) is 3.04. The molecule has 0 saturated heterocycles. The van der Waals surface area contributed by atoms with Crippen LogP contribution in [0.4, 0.5) is 5.69 Å². The molecule has 6 heteroatoms. The number of anilines is 1. The van der Waals surface area contributed by atoms with Crippen LogP contribution in [-0.4, -0.2) is 39.4 Å². The van der Waals surface area contributed by atoms with Crippen molar-refractivity contribution in [3.05, 3.63) is 18.2 Å². The Morgan fingerprint density at radius 3 is 2.55 bits per heavy atom. The molecule has 0 aliphatic rings. The average Bonchev–Trinajstić information content (AvgIpc) is 2.47. The van der Waals surface area contributed by atoms with Gasteiger partial charge in [-0.25, -0.2) is 0 Å². The predicted molar refractivity (Wildman–Crippen MR) is 86.4 cm³/mol. The lowest BCUT2D eigenvalue weighted by Gasteiger charge is -2.16. The van der Waals surface area contributed by atoms with Crippen LogP contribution in [0.2, 0.25) is 0 Å². The van der Waals surface area contributed by atoms with Gasteiger partial charge in [-0.05, 0) is 24.5 Å². The zero-order valence-electron chi connectivity index (χ0n) is 13.7. The van der Waals surface area contributed by atoms with Gasteiger partial charge >= 0.3 is 0 Å². The van der Waals surface area contributed by atoms with Crippen molar-refractivity contribution in [2.45, 2.75) is 26.3 Å². The van der Waals surface area contributed by atoms with Crippen molar-refractivity contribution in [2.75, 3.05) is 32.8 Å². The van der Waals surface area contributed by atoms with E-state index in [1.807, 2.05) is 13.8 Å². The van der Waals surface area contributed by atoms with Gasteiger partial charge in [0.2, 0.25) is 5.91 Å². The summed E-state index contributed by atoms with van der Waals surface area (Å²) in [6, 6.07) is 4.68. The highest BCUT2D eigenvalue weighted by molar-refractivity contribution is 5.94. The van der Waals surface area contributed by atoms with Crippen molar-refractivity contribution in [2.24, 2.45) is 11.7 Å². The molecule has 22 heavy (non-hydrogen) atoms. The van der Waals surface area contributed by atoms with E-state index in [0.717, 1.165) is 0 Å². The number of methoxy groups -OCH3 is 2. The molecule has 0 unspecified atom stereocenters. The summed E-state index contributed by atoms with van der Waals surface area (Å²) in [5.41, 5.74) is 6.50. The Kier molecular flexibility index (Phi) is 7.70. The topological polar surface area (TPSA) is 82.8 Å². The van der Waals surface area contributed by atoms with E-state index in [4.69, 9.17) is 19.9 Å². The van der Waals surface area contributed by atoms with Crippen molar-refractivity contribution in [3.8, 4) is 11.5 Å². The van der Waals surface area contributed by atoms with Crippen LogP contribution >= 0.6 is 0 Å². The number of nitrogens with two attached hydrogens (primary N) is 1. The lowest BCUT2D eigenvalue weighted by atomic mass is 10.0. The summed E-state index contributed by atoms with van der Waals surface area (Å²) in [7, 11) is 3.17. The summed E-state index contributed by atoms with van der Waals surface area (Å²) in [5, 5.41) is 2.80. The van der Waals surface area contributed by atoms with E-state index < -0.39 is 6.04 Å². The highest BCUT2D eigenvalue weighted by atomic mass is 16.5. The highest BCUT2D eigenvalue weighted by Gasteiger charge is 2.16. The number of carbonyl (C=O) groups excluding carboxylic acids is 1. The van der Waals surface area contributed by atoms with Crippen LogP contribution in [0.25, 0.3) is 0 Å². The summed E-state index contributed by atoms with van der Waals surface area (Å²) in [6.07, 6.45) is 0.638. The standard InChI is InChI=1S/C16H26N2O4/c1-11(2)9-13(17)16(19)18-12-5-6-14(21-4)15(10-12)22-8-7-20-3/h5-6,10-11,13H,7-9,17H2,1-4H3,(H,18,19)/t13-/m0/s1. The number of hydrogen-bond donors (Lipinski definition) is 2. The van der Waals surface area contributed by atoms with Crippen molar-refractivity contribution in [1.82, 2.24) is 0 Å². The first-order valence-electron chi connectivity index (χ1n) is 7.34. The van der Waals surface area contributed by atoms with Crippen LogP contribution in [0.5, 0.6) is 11.5 Å². The van der Waals surface area contributed by atoms with Crippen molar-refractivity contribution < 1.29 is 19.0 Å². The molecule has 1 amide bonds. The third kappa shape index (κ3) is 5.91. The predicted octanol–water partition coefficient (Wildman–Crippen LogP) is 2.03. The fourth-order valence-corrected chi connectivity index (χ4v) is 1.95.